The van der Waals surface area contributed by atoms with E-state index in [-0.39, 0.29) is 19.3 Å². The number of likely N-dealkylation sites (tertiary alicyclic amines) is 1. The fourth-order valence-electron chi connectivity index (χ4n) is 2.52. The molecule has 0 radical (unpaired) electrons. The molecule has 0 aromatic carbocycles. The third-order valence-corrected chi connectivity index (χ3v) is 3.77. The predicted octanol–water partition coefficient (Wildman–Crippen LogP) is 1.90. The number of aliphatic imine (C=N–C) groups is 1. The molecule has 2 N–H and O–H groups in total. The molecule has 1 fully saturated rings. The highest BCUT2D eigenvalue weighted by Gasteiger charge is 2.35. The van der Waals surface area contributed by atoms with Gasteiger partial charge in [0.15, 0.2) is 5.96 Å². The first-order valence-corrected chi connectivity index (χ1v) is 8.28. The van der Waals surface area contributed by atoms with Crippen molar-refractivity contribution in [2.45, 2.75) is 32.0 Å². The van der Waals surface area contributed by atoms with Crippen LogP contribution in [-0.4, -0.2) is 59.8 Å². The molecule has 9 heteroatoms. The van der Waals surface area contributed by atoms with E-state index < -0.39 is 17.6 Å². The van der Waals surface area contributed by atoms with Crippen molar-refractivity contribution in [3.63, 3.8) is 0 Å². The first-order chi connectivity index (χ1) is 11.9. The van der Waals surface area contributed by atoms with Crippen LogP contribution in [0.4, 0.5) is 13.2 Å². The number of pyridine rings is 1. The Morgan fingerprint density at radius 2 is 2.16 bits per heavy atom. The van der Waals surface area contributed by atoms with Gasteiger partial charge in [-0.05, 0) is 31.9 Å². The van der Waals surface area contributed by atoms with Crippen LogP contribution in [0.3, 0.4) is 0 Å². The van der Waals surface area contributed by atoms with E-state index in [1.807, 2.05) is 11.8 Å². The molecule has 0 saturated carbocycles. The normalized spacial score (nSPS) is 16.8. The minimum absolute atomic E-state index is 0.00848. The lowest BCUT2D eigenvalue weighted by atomic mass is 10.1. The van der Waals surface area contributed by atoms with Gasteiger partial charge in [0.1, 0.15) is 12.2 Å². The highest BCUT2D eigenvalue weighted by atomic mass is 19.4. The van der Waals surface area contributed by atoms with Crippen molar-refractivity contribution >= 4 is 5.96 Å². The van der Waals surface area contributed by atoms with Crippen LogP contribution in [0.15, 0.2) is 23.3 Å². The van der Waals surface area contributed by atoms with Crippen molar-refractivity contribution in [1.82, 2.24) is 15.2 Å². The maximum Gasteiger partial charge on any atom is 0.421 e. The number of nitrogens with zero attached hydrogens (tertiary/aromatic N) is 3. The van der Waals surface area contributed by atoms with Gasteiger partial charge in [0.05, 0.1) is 12.6 Å². The van der Waals surface area contributed by atoms with Crippen LogP contribution >= 0.6 is 0 Å². The van der Waals surface area contributed by atoms with Gasteiger partial charge < -0.3 is 20.1 Å². The standard InChI is InChI=1S/C16H23F3N4O2/c1-2-20-15(23-9-5-12(24)6-10-23)22-8-11-25-14-13(16(17,18)19)4-3-7-21-14/h3-4,7,12,24H,2,5-6,8-11H2,1H3,(H,20,22). The number of aliphatic hydroxyl groups excluding tert-OH is 1. The summed E-state index contributed by atoms with van der Waals surface area (Å²) in [5, 5.41) is 12.7. The summed E-state index contributed by atoms with van der Waals surface area (Å²) in [6, 6.07) is 2.16. The highest BCUT2D eigenvalue weighted by Crippen LogP contribution is 2.34. The number of aromatic nitrogens is 1. The number of guanidine groups is 1. The molecule has 1 aromatic rings. The van der Waals surface area contributed by atoms with E-state index in [2.05, 4.69) is 15.3 Å². The minimum atomic E-state index is -4.50. The van der Waals surface area contributed by atoms with E-state index in [1.54, 1.807) is 0 Å². The number of alkyl halides is 3. The Bertz CT molecular complexity index is 573. The summed E-state index contributed by atoms with van der Waals surface area (Å²) < 4.78 is 43.8. The van der Waals surface area contributed by atoms with Gasteiger partial charge in [-0.3, -0.25) is 0 Å². The Balaban J connectivity index is 1.92. The lowest BCUT2D eigenvalue weighted by Gasteiger charge is -2.32. The fraction of sp³-hybridized carbons (Fsp3) is 0.625. The lowest BCUT2D eigenvalue weighted by Crippen LogP contribution is -2.46. The molecular formula is C16H23F3N4O2. The Labute approximate surface area is 144 Å². The zero-order chi connectivity index (χ0) is 18.3. The summed E-state index contributed by atoms with van der Waals surface area (Å²) in [5.41, 5.74) is -0.893. The van der Waals surface area contributed by atoms with Gasteiger partial charge in [0, 0.05) is 25.8 Å². The number of rotatable bonds is 5. The quantitative estimate of drug-likeness (QED) is 0.477. The van der Waals surface area contributed by atoms with Crippen LogP contribution in [0.25, 0.3) is 0 Å². The number of nitrogens with one attached hydrogen (secondary N) is 1. The van der Waals surface area contributed by atoms with E-state index in [0.29, 0.717) is 38.4 Å². The summed E-state index contributed by atoms with van der Waals surface area (Å²) in [6.45, 7) is 4.19. The van der Waals surface area contributed by atoms with Gasteiger partial charge in [-0.1, -0.05) is 0 Å². The van der Waals surface area contributed by atoms with Gasteiger partial charge in [-0.25, -0.2) is 9.98 Å². The molecule has 6 nitrogen and oxygen atoms in total. The molecule has 0 amide bonds. The number of piperidine rings is 1. The maximum atomic E-state index is 12.9. The first kappa shape index (κ1) is 19.3. The van der Waals surface area contributed by atoms with Gasteiger partial charge in [-0.15, -0.1) is 0 Å². The number of hydrogen-bond donors (Lipinski definition) is 2. The Morgan fingerprint density at radius 3 is 2.80 bits per heavy atom. The Hall–Kier alpha value is -2.03. The summed E-state index contributed by atoms with van der Waals surface area (Å²) in [5.74, 6) is 0.242. The fourth-order valence-corrected chi connectivity index (χ4v) is 2.52. The molecular weight excluding hydrogens is 337 g/mol. The summed E-state index contributed by atoms with van der Waals surface area (Å²) >= 11 is 0. The topological polar surface area (TPSA) is 70.0 Å². The molecule has 0 aliphatic carbocycles. The summed E-state index contributed by atoms with van der Waals surface area (Å²) in [6.07, 6.45) is -2.19. The van der Waals surface area contributed by atoms with Gasteiger partial charge in [0.2, 0.25) is 5.88 Å². The number of ether oxygens (including phenoxy) is 1. The molecule has 2 rings (SSSR count). The Morgan fingerprint density at radius 1 is 1.44 bits per heavy atom. The second-order valence-corrected chi connectivity index (χ2v) is 5.66. The zero-order valence-corrected chi connectivity index (χ0v) is 14.1. The zero-order valence-electron chi connectivity index (χ0n) is 14.1. The van der Waals surface area contributed by atoms with Crippen molar-refractivity contribution in [1.29, 1.82) is 0 Å². The van der Waals surface area contributed by atoms with Crippen LogP contribution < -0.4 is 10.1 Å². The van der Waals surface area contributed by atoms with Crippen molar-refractivity contribution in [2.24, 2.45) is 4.99 Å². The molecule has 2 heterocycles. The smallest absolute Gasteiger partial charge is 0.421 e. The Kier molecular flexibility index (Phi) is 6.86. The van der Waals surface area contributed by atoms with Crippen molar-refractivity contribution in [3.8, 4) is 5.88 Å². The largest absolute Gasteiger partial charge is 0.475 e. The van der Waals surface area contributed by atoms with E-state index in [4.69, 9.17) is 4.74 Å². The predicted molar refractivity (Wildman–Crippen MR) is 87.5 cm³/mol. The number of hydrogen-bond acceptors (Lipinski definition) is 4. The highest BCUT2D eigenvalue weighted by molar-refractivity contribution is 5.80. The van der Waals surface area contributed by atoms with E-state index >= 15 is 0 Å². The van der Waals surface area contributed by atoms with Crippen molar-refractivity contribution in [3.05, 3.63) is 23.9 Å². The van der Waals surface area contributed by atoms with Crippen LogP contribution in [0, 0.1) is 0 Å². The molecule has 0 spiro atoms. The second kappa shape index (κ2) is 8.89. The van der Waals surface area contributed by atoms with E-state index in [0.717, 1.165) is 6.07 Å². The molecule has 1 saturated heterocycles. The number of halogens is 3. The van der Waals surface area contributed by atoms with Gasteiger partial charge >= 0.3 is 6.18 Å². The van der Waals surface area contributed by atoms with Crippen LogP contribution in [-0.2, 0) is 6.18 Å². The molecule has 1 aliphatic heterocycles. The van der Waals surface area contributed by atoms with Crippen LogP contribution in [0.1, 0.15) is 25.3 Å². The molecule has 25 heavy (non-hydrogen) atoms. The SMILES string of the molecule is CCNC(=NCCOc1ncccc1C(F)(F)F)N1CCC(O)CC1. The summed E-state index contributed by atoms with van der Waals surface area (Å²) in [4.78, 5) is 10.1. The van der Waals surface area contributed by atoms with Crippen molar-refractivity contribution in [2.75, 3.05) is 32.8 Å². The summed E-state index contributed by atoms with van der Waals surface area (Å²) in [7, 11) is 0. The molecule has 0 bridgehead atoms. The average molecular weight is 360 g/mol. The molecule has 140 valence electrons. The monoisotopic (exact) mass is 360 g/mol. The lowest BCUT2D eigenvalue weighted by molar-refractivity contribution is -0.139. The molecule has 0 atom stereocenters. The van der Waals surface area contributed by atoms with Crippen molar-refractivity contribution < 1.29 is 23.0 Å². The van der Waals surface area contributed by atoms with E-state index in [9.17, 15) is 18.3 Å². The van der Waals surface area contributed by atoms with Crippen LogP contribution in [0.2, 0.25) is 0 Å². The van der Waals surface area contributed by atoms with E-state index in [1.165, 1.54) is 12.3 Å². The molecule has 1 aromatic heterocycles. The van der Waals surface area contributed by atoms with Crippen LogP contribution in [0.5, 0.6) is 5.88 Å². The third-order valence-electron chi connectivity index (χ3n) is 3.77. The minimum Gasteiger partial charge on any atom is -0.475 e. The second-order valence-electron chi connectivity index (χ2n) is 5.66. The molecule has 1 aliphatic rings. The molecule has 0 unspecified atom stereocenters. The number of aliphatic hydroxyl groups is 1. The average Bonchev–Trinajstić information content (AvgIpc) is 2.58. The maximum absolute atomic E-state index is 12.9. The third kappa shape index (κ3) is 5.77. The first-order valence-electron chi connectivity index (χ1n) is 8.28. The van der Waals surface area contributed by atoms with Gasteiger partial charge in [-0.2, -0.15) is 13.2 Å². The van der Waals surface area contributed by atoms with Gasteiger partial charge in [0.25, 0.3) is 0 Å².